The second-order valence-corrected chi connectivity index (χ2v) is 24.5. The number of carbonyl (C=O) groups is 4. The van der Waals surface area contributed by atoms with Crippen LogP contribution in [-0.2, 0) is 41.8 Å². The molecule has 0 saturated carbocycles. The standard InChI is InChI=1S/C54H75N11O6S4/c1-9-39(56-8)50(73)57-29-37-21-25-74-43-27-53(3,4)45(64(43)51(37)68)47(66)58-41(35-17-12-10-13-18-35)32-70-24-16-23-63-30-38(61-62-63)31-71-33-42(36-19-14-11-15-20-36)59-48(67)46-54(5,6)28-44-65(46)52(69)40(22-26-75-44)60-49(72)34(2)55-7/h9-15,17-20,29-30,34,37,39-46,55-56H,1,16,21-28,31-33H2,2-8H3,(H,58,66)(H,59,67)(H,60,72)/t34-,37+,39-,40-,41+,42+,43-,44-,45+,46+/m0/s1. The molecule has 4 saturated heterocycles. The van der Waals surface area contributed by atoms with Crippen molar-refractivity contribution >= 4 is 87.8 Å². The van der Waals surface area contributed by atoms with Crippen molar-refractivity contribution in [3.8, 4) is 0 Å². The molecule has 4 aliphatic heterocycles. The average Bonchev–Trinajstić information content (AvgIpc) is 3.99. The summed E-state index contributed by atoms with van der Waals surface area (Å²) in [6.45, 7) is 15.5. The number of aryl methyl sites for hydroxylation is 1. The molecule has 4 amide bonds. The van der Waals surface area contributed by atoms with Gasteiger partial charge in [0.25, 0.3) is 0 Å². The van der Waals surface area contributed by atoms with E-state index in [2.05, 4.69) is 76.2 Å². The number of ether oxygens (including phenoxy) is 2. The number of nitrogens with one attached hydrogen (secondary N) is 5. The fraction of sp³-hybridized carbons (Fsp3) is 0.574. The first-order valence-electron chi connectivity index (χ1n) is 25.9. The van der Waals surface area contributed by atoms with E-state index < -0.39 is 47.0 Å². The average molecular weight is 1100 g/mol. The number of thiocarbonyl (C=S) groups is 2. The Balaban J connectivity index is 0.923. The highest BCUT2D eigenvalue weighted by molar-refractivity contribution is 8.00. The maximum atomic E-state index is 14.5. The lowest BCUT2D eigenvalue weighted by molar-refractivity contribution is -0.142. The third kappa shape index (κ3) is 14.5. The summed E-state index contributed by atoms with van der Waals surface area (Å²) >= 11 is 14.6. The first-order chi connectivity index (χ1) is 36.0. The van der Waals surface area contributed by atoms with Crippen LogP contribution in [-0.4, -0.2) is 151 Å². The minimum absolute atomic E-state index is 0.0972. The molecular formula is C54H75N11O6S4. The molecule has 21 heteroatoms. The smallest absolute Gasteiger partial charge is 0.246 e. The van der Waals surface area contributed by atoms with Gasteiger partial charge in [-0.05, 0) is 86.6 Å². The number of aliphatic imine (C=N–C) groups is 1. The molecule has 0 radical (unpaired) electrons. The fourth-order valence-corrected chi connectivity index (χ4v) is 14.1. The SMILES string of the molecule is C=C[C@H](NC)C(=S)N=C[C@H]1CCS[C@H]2CC(C)(C)[C@@H](C(=O)N[C@H](COCCCn3cc(COC[C@@H](NC(=O)[C@H]4N5C(=O)[C@@H](NC(=S)[C@H](C)NC)CCS[C@H]5CC4(C)C)c4ccccc4)nn3)c3ccccc3)N2C1=O. The lowest BCUT2D eigenvalue weighted by atomic mass is 9.83. The van der Waals surface area contributed by atoms with Gasteiger partial charge in [-0.2, -0.15) is 0 Å². The minimum atomic E-state index is -0.696. The van der Waals surface area contributed by atoms with Crippen LogP contribution >= 0.6 is 48.0 Å². The van der Waals surface area contributed by atoms with Crippen molar-refractivity contribution in [1.82, 2.24) is 51.4 Å². The van der Waals surface area contributed by atoms with E-state index in [-0.39, 0.29) is 66.3 Å². The van der Waals surface area contributed by atoms with Crippen molar-refractivity contribution in [2.75, 3.05) is 45.4 Å². The third-order valence-corrected chi connectivity index (χ3v) is 17.9. The monoisotopic (exact) mass is 1100 g/mol. The quantitative estimate of drug-likeness (QED) is 0.0332. The summed E-state index contributed by atoms with van der Waals surface area (Å²) in [4.78, 5) is 66.6. The van der Waals surface area contributed by atoms with E-state index in [1.807, 2.05) is 80.8 Å². The number of carbonyl (C=O) groups excluding carboxylic acids is 4. The van der Waals surface area contributed by atoms with E-state index in [1.54, 1.807) is 57.3 Å². The van der Waals surface area contributed by atoms with E-state index in [0.717, 1.165) is 22.6 Å². The van der Waals surface area contributed by atoms with Gasteiger partial charge in [0.2, 0.25) is 23.6 Å². The molecule has 7 rings (SSSR count). The zero-order valence-corrected chi connectivity index (χ0v) is 47.5. The molecule has 0 bridgehead atoms. The molecule has 4 aliphatic rings. The summed E-state index contributed by atoms with van der Waals surface area (Å²) in [5.41, 5.74) is 1.45. The zero-order valence-electron chi connectivity index (χ0n) is 44.2. The second-order valence-electron chi connectivity index (χ2n) is 21.1. The molecule has 4 fully saturated rings. The molecule has 10 atom stereocenters. The lowest BCUT2D eigenvalue weighted by Crippen LogP contribution is -2.58. The molecule has 0 unspecified atom stereocenters. The Morgan fingerprint density at radius 1 is 0.840 bits per heavy atom. The number of fused-ring (bicyclic) bond motifs is 2. The van der Waals surface area contributed by atoms with Crippen LogP contribution in [0.3, 0.4) is 0 Å². The van der Waals surface area contributed by atoms with Crippen LogP contribution in [0.25, 0.3) is 0 Å². The van der Waals surface area contributed by atoms with Gasteiger partial charge in [-0.1, -0.05) is 124 Å². The van der Waals surface area contributed by atoms with Crippen molar-refractivity contribution in [2.45, 2.75) is 133 Å². The summed E-state index contributed by atoms with van der Waals surface area (Å²) in [7, 11) is 3.61. The number of thioether (sulfide) groups is 2. The molecule has 0 aliphatic carbocycles. The van der Waals surface area contributed by atoms with Crippen LogP contribution in [0.1, 0.15) is 95.6 Å². The molecule has 2 aromatic carbocycles. The predicted molar refractivity (Wildman–Crippen MR) is 305 cm³/mol. The van der Waals surface area contributed by atoms with Gasteiger partial charge in [0.1, 0.15) is 28.8 Å². The normalized spacial score (nSPS) is 24.8. The van der Waals surface area contributed by atoms with Gasteiger partial charge in [0, 0.05) is 19.4 Å². The summed E-state index contributed by atoms with van der Waals surface area (Å²) in [5, 5.41) is 24.5. The molecule has 5 heterocycles. The van der Waals surface area contributed by atoms with Crippen molar-refractivity contribution < 1.29 is 28.7 Å². The molecule has 1 aromatic heterocycles. The third-order valence-electron chi connectivity index (χ3n) is 14.6. The highest BCUT2D eigenvalue weighted by Crippen LogP contribution is 2.48. The van der Waals surface area contributed by atoms with Gasteiger partial charge in [-0.3, -0.25) is 28.9 Å². The maximum absolute atomic E-state index is 14.5. The summed E-state index contributed by atoms with van der Waals surface area (Å²) in [5.74, 6) is 0.355. The van der Waals surface area contributed by atoms with E-state index in [0.29, 0.717) is 60.9 Å². The predicted octanol–water partition coefficient (Wildman–Crippen LogP) is 5.78. The van der Waals surface area contributed by atoms with Crippen molar-refractivity contribution in [2.24, 2.45) is 21.7 Å². The molecule has 5 N–H and O–H groups in total. The van der Waals surface area contributed by atoms with Gasteiger partial charge < -0.3 is 45.9 Å². The number of rotatable bonds is 23. The number of benzene rings is 2. The molecule has 3 aromatic rings. The van der Waals surface area contributed by atoms with E-state index in [9.17, 15) is 19.2 Å². The van der Waals surface area contributed by atoms with Crippen LogP contribution in [0.5, 0.6) is 0 Å². The second kappa shape index (κ2) is 26.6. The first-order valence-corrected chi connectivity index (χ1v) is 28.9. The molecule has 406 valence electrons. The molecular weight excluding hydrogens is 1030 g/mol. The highest BCUT2D eigenvalue weighted by Gasteiger charge is 2.56. The summed E-state index contributed by atoms with van der Waals surface area (Å²) in [6.07, 6.45) is 8.39. The first kappa shape index (κ1) is 58.1. The van der Waals surface area contributed by atoms with Gasteiger partial charge >= 0.3 is 0 Å². The zero-order chi connectivity index (χ0) is 53.9. The molecule has 0 spiro atoms. The number of hydrogen-bond donors (Lipinski definition) is 5. The number of nitrogens with zero attached hydrogens (tertiary/aromatic N) is 6. The molecule has 75 heavy (non-hydrogen) atoms. The van der Waals surface area contributed by atoms with Gasteiger partial charge in [-0.25, -0.2) is 0 Å². The summed E-state index contributed by atoms with van der Waals surface area (Å²) in [6, 6.07) is 16.2. The largest absolute Gasteiger partial charge is 0.379 e. The number of aromatic nitrogens is 3. The van der Waals surface area contributed by atoms with E-state index >= 15 is 0 Å². The molecule has 17 nitrogen and oxygen atoms in total. The Kier molecular flexibility index (Phi) is 20.6. The fourth-order valence-electron chi connectivity index (χ4n) is 10.4. The van der Waals surface area contributed by atoms with Crippen LogP contribution in [0, 0.1) is 16.7 Å². The number of hydrogen-bond acceptors (Lipinski definition) is 14. The Bertz CT molecular complexity index is 2500. The summed E-state index contributed by atoms with van der Waals surface area (Å²) < 4.78 is 14.2. The topological polar surface area (TPSA) is 196 Å². The number of likely N-dealkylation sites (N-methyl/N-ethyl adjacent to an activating group) is 2. The van der Waals surface area contributed by atoms with Gasteiger partial charge in [-0.15, -0.1) is 35.2 Å². The Morgan fingerprint density at radius 3 is 1.96 bits per heavy atom. The highest BCUT2D eigenvalue weighted by atomic mass is 32.2. The Labute approximate surface area is 461 Å². The van der Waals surface area contributed by atoms with Crippen molar-refractivity contribution in [3.63, 3.8) is 0 Å². The minimum Gasteiger partial charge on any atom is -0.379 e. The lowest BCUT2D eigenvalue weighted by Gasteiger charge is -2.35. The van der Waals surface area contributed by atoms with Crippen molar-refractivity contribution in [3.05, 3.63) is 96.3 Å². The van der Waals surface area contributed by atoms with Crippen LogP contribution in [0.2, 0.25) is 0 Å². The Hall–Kier alpha value is -4.61. The van der Waals surface area contributed by atoms with E-state index in [1.165, 1.54) is 0 Å². The Morgan fingerprint density at radius 2 is 1.40 bits per heavy atom. The number of amides is 4. The maximum Gasteiger partial charge on any atom is 0.246 e. The van der Waals surface area contributed by atoms with Crippen LogP contribution in [0.15, 0.2) is 84.5 Å². The van der Waals surface area contributed by atoms with Crippen LogP contribution in [0.4, 0.5) is 0 Å². The van der Waals surface area contributed by atoms with Crippen LogP contribution < -0.4 is 26.6 Å². The van der Waals surface area contributed by atoms with Gasteiger partial charge in [0.05, 0.1) is 71.8 Å². The van der Waals surface area contributed by atoms with Crippen molar-refractivity contribution in [1.29, 1.82) is 0 Å². The van der Waals surface area contributed by atoms with Gasteiger partial charge in [0.15, 0.2) is 0 Å². The van der Waals surface area contributed by atoms with E-state index in [4.69, 9.17) is 33.9 Å².